The van der Waals surface area contributed by atoms with Crippen molar-refractivity contribution in [2.24, 2.45) is 0 Å². The van der Waals surface area contributed by atoms with Crippen LogP contribution in [0, 0.1) is 13.8 Å². The van der Waals surface area contributed by atoms with Gasteiger partial charge in [-0.15, -0.1) is 0 Å². The summed E-state index contributed by atoms with van der Waals surface area (Å²) in [5, 5.41) is 2.10. The summed E-state index contributed by atoms with van der Waals surface area (Å²) in [5.41, 5.74) is 0. The third-order valence-corrected chi connectivity index (χ3v) is 10.7. The van der Waals surface area contributed by atoms with Gasteiger partial charge in [-0.25, -0.2) is 0 Å². The lowest BCUT2D eigenvalue weighted by Crippen LogP contribution is -2.52. The highest BCUT2D eigenvalue weighted by Gasteiger charge is 2.25. The molecule has 0 aromatic carbocycles. The number of aryl methyl sites for hydroxylation is 2. The van der Waals surface area contributed by atoms with Crippen LogP contribution in [0.4, 0.5) is 0 Å². The summed E-state index contributed by atoms with van der Waals surface area (Å²) in [5.74, 6) is 1.91. The first-order chi connectivity index (χ1) is 8.71. The normalized spacial score (nSPS) is 12.9. The van der Waals surface area contributed by atoms with Crippen LogP contribution in [-0.4, -0.2) is 16.5 Å². The van der Waals surface area contributed by atoms with E-state index in [-0.39, 0.29) is 0 Å². The predicted octanol–water partition coefficient (Wildman–Crippen LogP) is 3.39. The Balaban J connectivity index is 2.23. The highest BCUT2D eigenvalue weighted by atomic mass is 28.4. The van der Waals surface area contributed by atoms with E-state index in [4.69, 9.17) is 13.5 Å². The lowest BCUT2D eigenvalue weighted by atomic mass is 10.5. The average molecular weight is 293 g/mol. The summed E-state index contributed by atoms with van der Waals surface area (Å²) in [6.07, 6.45) is 0. The summed E-state index contributed by atoms with van der Waals surface area (Å²) in [7, 11) is -3.81. The highest BCUT2D eigenvalue weighted by Crippen LogP contribution is 2.23. The van der Waals surface area contributed by atoms with Gasteiger partial charge in [-0.3, -0.25) is 0 Å². The molecule has 0 radical (unpaired) electrons. The second-order valence-electron chi connectivity index (χ2n) is 6.05. The molecule has 0 atom stereocenters. The van der Waals surface area contributed by atoms with Crippen molar-refractivity contribution < 1.29 is 8.83 Å². The van der Waals surface area contributed by atoms with Crippen LogP contribution in [0.15, 0.2) is 33.1 Å². The summed E-state index contributed by atoms with van der Waals surface area (Å²) in [6.45, 7) is 12.9. The monoisotopic (exact) mass is 292 g/mol. The Bertz CT molecular complexity index is 519. The van der Waals surface area contributed by atoms with Crippen molar-refractivity contribution in [2.45, 2.75) is 40.0 Å². The Morgan fingerprint density at radius 2 is 1.11 bits per heavy atom. The molecule has 19 heavy (non-hydrogen) atoms. The molecule has 0 saturated carbocycles. The third kappa shape index (κ3) is 3.10. The first-order valence-corrected chi connectivity index (χ1v) is 12.5. The van der Waals surface area contributed by atoms with Crippen molar-refractivity contribution in [3.05, 3.63) is 40.4 Å². The van der Waals surface area contributed by atoms with Gasteiger partial charge in [-0.1, -0.05) is 26.2 Å². The second kappa shape index (κ2) is 4.81. The number of hydrogen-bond donors (Lipinski definition) is 0. The molecule has 0 aliphatic heterocycles. The lowest BCUT2D eigenvalue weighted by molar-refractivity contribution is 0.561. The van der Waals surface area contributed by atoms with Crippen LogP contribution in [0.5, 0.6) is 0 Å². The first-order valence-electron chi connectivity index (χ1n) is 6.59. The lowest BCUT2D eigenvalue weighted by Gasteiger charge is -2.47. The molecule has 5 heteroatoms. The van der Waals surface area contributed by atoms with E-state index in [1.807, 2.05) is 26.0 Å². The van der Waals surface area contributed by atoms with Gasteiger partial charge >= 0.3 is 0 Å². The van der Waals surface area contributed by atoms with E-state index in [2.05, 4.69) is 38.3 Å². The molecule has 0 amide bonds. The largest absolute Gasteiger partial charge is 0.655 e. The fourth-order valence-corrected chi connectivity index (χ4v) is 10.6. The molecule has 0 unspecified atom stereocenters. The molecule has 2 rings (SSSR count). The molecule has 0 bridgehead atoms. The molecule has 2 aromatic heterocycles. The van der Waals surface area contributed by atoms with Crippen LogP contribution in [0.2, 0.25) is 26.2 Å². The molecule has 2 heterocycles. The van der Waals surface area contributed by atoms with Gasteiger partial charge < -0.3 is 13.5 Å². The summed E-state index contributed by atoms with van der Waals surface area (Å²) in [4.78, 5) is 0. The Hall–Kier alpha value is -1.05. The van der Waals surface area contributed by atoms with Gasteiger partial charge in [-0.05, 0) is 38.1 Å². The van der Waals surface area contributed by atoms with Crippen molar-refractivity contribution in [3.63, 3.8) is 0 Å². The van der Waals surface area contributed by atoms with Crippen molar-refractivity contribution in [3.8, 4) is 0 Å². The van der Waals surface area contributed by atoms with Crippen molar-refractivity contribution in [1.29, 1.82) is 0 Å². The van der Waals surface area contributed by atoms with Gasteiger partial charge in [0.1, 0.15) is 0 Å². The highest BCUT2D eigenvalue weighted by molar-refractivity contribution is 7.11. The van der Waals surface area contributed by atoms with Crippen LogP contribution in [-0.2, 0) is 0 Å². The smallest absolute Gasteiger partial charge is 0.0998 e. The minimum atomic E-state index is -1.91. The van der Waals surface area contributed by atoms with E-state index in [1.54, 1.807) is 0 Å². The molecule has 3 nitrogen and oxygen atoms in total. The maximum Gasteiger partial charge on any atom is 0.0998 e. The molecule has 104 valence electrons. The molecule has 0 spiro atoms. The van der Waals surface area contributed by atoms with E-state index in [1.165, 1.54) is 0 Å². The Labute approximate surface area is 117 Å². The van der Waals surface area contributed by atoms with Gasteiger partial charge in [0.15, 0.2) is 0 Å². The Kier molecular flexibility index (Phi) is 3.64. The minimum absolute atomic E-state index is 0.957. The Morgan fingerprint density at radius 3 is 1.37 bits per heavy atom. The van der Waals surface area contributed by atoms with Gasteiger partial charge in [0, 0.05) is 16.5 Å². The van der Waals surface area contributed by atoms with Gasteiger partial charge in [0.25, 0.3) is 0 Å². The maximum atomic E-state index is 5.79. The first kappa shape index (κ1) is 14.4. The second-order valence-corrected chi connectivity index (χ2v) is 14.2. The molecule has 0 saturated heterocycles. The molecular formula is C14H22NO2Si2-. The maximum absolute atomic E-state index is 5.79. The van der Waals surface area contributed by atoms with Crippen LogP contribution in [0.25, 0.3) is 4.65 Å². The number of hydrogen-bond acceptors (Lipinski definition) is 2. The molecule has 0 aliphatic rings. The topological polar surface area (TPSA) is 40.4 Å². The van der Waals surface area contributed by atoms with E-state index < -0.39 is 16.5 Å². The fraction of sp³-hybridized carbons (Fsp3) is 0.429. The SMILES string of the molecule is Cc1ccc([Si](C)(C)[N-][Si](C)(C)c2ccc(C)o2)o1. The fourth-order valence-electron chi connectivity index (χ4n) is 2.34. The molecular weight excluding hydrogens is 270 g/mol. The molecule has 2 aromatic rings. The van der Waals surface area contributed by atoms with E-state index >= 15 is 0 Å². The van der Waals surface area contributed by atoms with Crippen molar-refractivity contribution in [1.82, 2.24) is 0 Å². The standard InChI is InChI=1S/C14H22NO2Si2/c1-11-7-9-13(16-11)18(3,4)15-19(5,6)14-10-8-12(2)17-14/h7-10H,1-6H3/q-1. The van der Waals surface area contributed by atoms with E-state index in [0.717, 1.165) is 22.3 Å². The molecule has 0 N–H and O–H groups in total. The van der Waals surface area contributed by atoms with Gasteiger partial charge in [0.05, 0.1) is 22.3 Å². The third-order valence-electron chi connectivity index (χ3n) is 3.25. The number of furan rings is 2. The van der Waals surface area contributed by atoms with E-state index in [9.17, 15) is 0 Å². The zero-order valence-electron chi connectivity index (χ0n) is 12.6. The van der Waals surface area contributed by atoms with Crippen LogP contribution >= 0.6 is 0 Å². The molecule has 0 fully saturated rings. The van der Waals surface area contributed by atoms with E-state index in [0.29, 0.717) is 0 Å². The zero-order chi connectivity index (χ0) is 14.3. The summed E-state index contributed by atoms with van der Waals surface area (Å²) in [6, 6.07) is 8.18. The zero-order valence-corrected chi connectivity index (χ0v) is 14.6. The van der Waals surface area contributed by atoms with Crippen LogP contribution in [0.1, 0.15) is 11.5 Å². The quantitative estimate of drug-likeness (QED) is 0.810. The van der Waals surface area contributed by atoms with Crippen molar-refractivity contribution >= 4 is 27.2 Å². The number of rotatable bonds is 4. The Morgan fingerprint density at radius 1 is 0.737 bits per heavy atom. The van der Waals surface area contributed by atoms with Gasteiger partial charge in [0.2, 0.25) is 0 Å². The van der Waals surface area contributed by atoms with Gasteiger partial charge in [-0.2, -0.15) is 0 Å². The van der Waals surface area contributed by atoms with Crippen LogP contribution in [0.3, 0.4) is 0 Å². The number of nitrogens with zero attached hydrogens (tertiary/aromatic N) is 1. The summed E-state index contributed by atoms with van der Waals surface area (Å²) < 4.78 is 16.8. The predicted molar refractivity (Wildman–Crippen MR) is 84.5 cm³/mol. The van der Waals surface area contributed by atoms with Crippen LogP contribution < -0.4 is 10.8 Å². The van der Waals surface area contributed by atoms with Crippen molar-refractivity contribution in [2.75, 3.05) is 0 Å². The average Bonchev–Trinajstić information content (AvgIpc) is 2.86. The minimum Gasteiger partial charge on any atom is -0.655 e. The summed E-state index contributed by atoms with van der Waals surface area (Å²) >= 11 is 0. The molecule has 0 aliphatic carbocycles.